The van der Waals surface area contributed by atoms with Gasteiger partial charge >= 0.3 is 0 Å². The van der Waals surface area contributed by atoms with Crippen LogP contribution >= 0.6 is 12.4 Å². The van der Waals surface area contributed by atoms with Crippen LogP contribution < -0.4 is 15.5 Å². The number of carbonyl (C=O) groups is 2. The number of carbonyl (C=O) groups excluding carboxylic acids is 2. The molecule has 1 unspecified atom stereocenters. The predicted octanol–water partition coefficient (Wildman–Crippen LogP) is 1.88. The number of halogens is 1. The molecule has 0 aliphatic carbocycles. The molecule has 1 saturated heterocycles. The van der Waals surface area contributed by atoms with Crippen LogP contribution in [-0.2, 0) is 17.8 Å². The number of amides is 2. The van der Waals surface area contributed by atoms with Crippen molar-refractivity contribution in [2.75, 3.05) is 18.0 Å². The van der Waals surface area contributed by atoms with Crippen molar-refractivity contribution in [1.29, 1.82) is 0 Å². The lowest BCUT2D eigenvalue weighted by Crippen LogP contribution is -2.36. The van der Waals surface area contributed by atoms with E-state index in [1.165, 1.54) is 6.26 Å². The predicted molar refractivity (Wildman–Crippen MR) is 96.0 cm³/mol. The van der Waals surface area contributed by atoms with Crippen molar-refractivity contribution < 1.29 is 14.0 Å². The Hall–Kier alpha value is -2.31. The van der Waals surface area contributed by atoms with Crippen molar-refractivity contribution in [3.8, 4) is 0 Å². The Balaban J connectivity index is 0.00000182. The summed E-state index contributed by atoms with van der Waals surface area (Å²) >= 11 is 0. The van der Waals surface area contributed by atoms with Gasteiger partial charge in [0.25, 0.3) is 5.91 Å². The van der Waals surface area contributed by atoms with Gasteiger partial charge in [-0.05, 0) is 30.7 Å². The van der Waals surface area contributed by atoms with Crippen LogP contribution in [0.25, 0.3) is 0 Å². The summed E-state index contributed by atoms with van der Waals surface area (Å²) in [6.45, 7) is 2.03. The van der Waals surface area contributed by atoms with Gasteiger partial charge in [-0.25, -0.2) is 0 Å². The first kappa shape index (κ1) is 17.5. The third-order valence-electron chi connectivity index (χ3n) is 4.60. The third kappa shape index (κ3) is 3.41. The summed E-state index contributed by atoms with van der Waals surface area (Å²) in [5.41, 5.74) is 2.66. The minimum atomic E-state index is -0.219. The average molecular weight is 362 g/mol. The molecule has 4 rings (SSSR count). The zero-order chi connectivity index (χ0) is 16.5. The fraction of sp³-hybridized carbons (Fsp3) is 0.333. The molecule has 2 amide bonds. The second-order valence-corrected chi connectivity index (χ2v) is 6.22. The van der Waals surface area contributed by atoms with Gasteiger partial charge in [-0.15, -0.1) is 12.4 Å². The van der Waals surface area contributed by atoms with Crippen LogP contribution in [0.4, 0.5) is 5.69 Å². The number of furan rings is 1. The molecule has 2 aliphatic heterocycles. The summed E-state index contributed by atoms with van der Waals surface area (Å²) in [6, 6.07) is 9.64. The number of fused-ring (bicyclic) bond motifs is 1. The van der Waals surface area contributed by atoms with Gasteiger partial charge < -0.3 is 20.0 Å². The Morgan fingerprint density at radius 2 is 2.16 bits per heavy atom. The molecule has 3 heterocycles. The minimum Gasteiger partial charge on any atom is -0.459 e. The van der Waals surface area contributed by atoms with Gasteiger partial charge in [0.1, 0.15) is 0 Å². The van der Waals surface area contributed by atoms with E-state index in [-0.39, 0.29) is 30.3 Å². The highest BCUT2D eigenvalue weighted by atomic mass is 35.5. The number of rotatable bonds is 4. The molecule has 1 aromatic carbocycles. The van der Waals surface area contributed by atoms with Crippen LogP contribution in [0, 0.1) is 0 Å². The Morgan fingerprint density at radius 1 is 1.32 bits per heavy atom. The topological polar surface area (TPSA) is 74.6 Å². The Labute approximate surface area is 152 Å². The standard InChI is InChI=1S/C18H19N3O3.ClH/c22-16-9-12-3-1-2-4-15(12)21(16)11-13-6-8-24-17(13)18(23)20-14-5-7-19-10-14;/h1-4,6,8,14,19H,5,7,9-11H2,(H,20,23);1H. The number of hydrogen-bond acceptors (Lipinski definition) is 4. The zero-order valence-electron chi connectivity index (χ0n) is 13.7. The second-order valence-electron chi connectivity index (χ2n) is 6.22. The first-order chi connectivity index (χ1) is 11.7. The van der Waals surface area contributed by atoms with Gasteiger partial charge in [0.2, 0.25) is 5.91 Å². The quantitative estimate of drug-likeness (QED) is 0.872. The van der Waals surface area contributed by atoms with E-state index in [0.29, 0.717) is 18.7 Å². The highest BCUT2D eigenvalue weighted by molar-refractivity contribution is 6.01. The molecule has 1 fully saturated rings. The van der Waals surface area contributed by atoms with E-state index in [1.807, 2.05) is 24.3 Å². The largest absolute Gasteiger partial charge is 0.459 e. The Kier molecular flexibility index (Phi) is 5.11. The Morgan fingerprint density at radius 3 is 2.96 bits per heavy atom. The van der Waals surface area contributed by atoms with E-state index in [0.717, 1.165) is 36.3 Å². The van der Waals surface area contributed by atoms with Crippen molar-refractivity contribution in [2.24, 2.45) is 0 Å². The third-order valence-corrected chi connectivity index (χ3v) is 4.60. The van der Waals surface area contributed by atoms with Crippen LogP contribution in [-0.4, -0.2) is 30.9 Å². The highest BCUT2D eigenvalue weighted by Crippen LogP contribution is 2.30. The fourth-order valence-electron chi connectivity index (χ4n) is 3.35. The second kappa shape index (κ2) is 7.29. The lowest BCUT2D eigenvalue weighted by atomic mass is 10.1. The van der Waals surface area contributed by atoms with E-state index in [9.17, 15) is 9.59 Å². The smallest absolute Gasteiger partial charge is 0.287 e. The zero-order valence-corrected chi connectivity index (χ0v) is 14.5. The van der Waals surface area contributed by atoms with Crippen molar-refractivity contribution in [3.05, 3.63) is 53.5 Å². The maximum Gasteiger partial charge on any atom is 0.287 e. The molecule has 0 spiro atoms. The van der Waals surface area contributed by atoms with Gasteiger partial charge in [-0.2, -0.15) is 0 Å². The van der Waals surface area contributed by atoms with Crippen LogP contribution in [0.15, 0.2) is 41.0 Å². The van der Waals surface area contributed by atoms with Crippen molar-refractivity contribution >= 4 is 29.9 Å². The molecule has 0 saturated carbocycles. The molecule has 1 atom stereocenters. The lowest BCUT2D eigenvalue weighted by molar-refractivity contribution is -0.117. The molecule has 25 heavy (non-hydrogen) atoms. The normalized spacial score (nSPS) is 18.8. The maximum atomic E-state index is 12.4. The van der Waals surface area contributed by atoms with Crippen LogP contribution in [0.5, 0.6) is 0 Å². The molecule has 0 bridgehead atoms. The van der Waals surface area contributed by atoms with E-state index < -0.39 is 0 Å². The van der Waals surface area contributed by atoms with E-state index in [4.69, 9.17) is 4.42 Å². The highest BCUT2D eigenvalue weighted by Gasteiger charge is 2.29. The van der Waals surface area contributed by atoms with Crippen LogP contribution in [0.3, 0.4) is 0 Å². The van der Waals surface area contributed by atoms with Gasteiger partial charge in [-0.3, -0.25) is 9.59 Å². The number of hydrogen-bond donors (Lipinski definition) is 2. The van der Waals surface area contributed by atoms with E-state index in [2.05, 4.69) is 10.6 Å². The van der Waals surface area contributed by atoms with Gasteiger partial charge in [0.15, 0.2) is 5.76 Å². The summed E-state index contributed by atoms with van der Waals surface area (Å²) in [7, 11) is 0. The first-order valence-electron chi connectivity index (χ1n) is 8.18. The number of benzene rings is 1. The van der Waals surface area contributed by atoms with Crippen molar-refractivity contribution in [1.82, 2.24) is 10.6 Å². The van der Waals surface area contributed by atoms with Gasteiger partial charge in [0.05, 0.1) is 19.2 Å². The summed E-state index contributed by atoms with van der Waals surface area (Å²) in [5, 5.41) is 6.19. The molecule has 2 aliphatic rings. The lowest BCUT2D eigenvalue weighted by Gasteiger charge is -2.17. The number of anilines is 1. The molecule has 132 valence electrons. The average Bonchev–Trinajstić information content (AvgIpc) is 3.29. The summed E-state index contributed by atoms with van der Waals surface area (Å²) in [5.74, 6) is 0.117. The van der Waals surface area contributed by atoms with Crippen LogP contribution in [0.1, 0.15) is 28.1 Å². The summed E-state index contributed by atoms with van der Waals surface area (Å²) in [4.78, 5) is 26.5. The summed E-state index contributed by atoms with van der Waals surface area (Å²) < 4.78 is 5.40. The molecule has 2 aromatic rings. The van der Waals surface area contributed by atoms with Gasteiger partial charge in [0, 0.05) is 23.8 Å². The Bertz CT molecular complexity index is 783. The number of nitrogens with one attached hydrogen (secondary N) is 2. The molecule has 6 nitrogen and oxygen atoms in total. The molecular formula is C18H20ClN3O3. The maximum absolute atomic E-state index is 12.4. The molecule has 2 N–H and O–H groups in total. The van der Waals surface area contributed by atoms with Crippen molar-refractivity contribution in [3.63, 3.8) is 0 Å². The SMILES string of the molecule is Cl.O=C(NC1CCNC1)c1occc1CN1C(=O)Cc2ccccc21. The molecule has 7 heteroatoms. The van der Waals surface area contributed by atoms with E-state index in [1.54, 1.807) is 11.0 Å². The van der Waals surface area contributed by atoms with Crippen LogP contribution in [0.2, 0.25) is 0 Å². The van der Waals surface area contributed by atoms with Gasteiger partial charge in [-0.1, -0.05) is 18.2 Å². The summed E-state index contributed by atoms with van der Waals surface area (Å²) in [6.07, 6.45) is 2.83. The monoisotopic (exact) mass is 361 g/mol. The number of para-hydroxylation sites is 1. The van der Waals surface area contributed by atoms with Crippen molar-refractivity contribution in [2.45, 2.75) is 25.4 Å². The van der Waals surface area contributed by atoms with E-state index >= 15 is 0 Å². The molecular weight excluding hydrogens is 342 g/mol. The number of nitrogens with zero attached hydrogens (tertiary/aromatic N) is 1. The molecule has 1 aromatic heterocycles. The minimum absolute atomic E-state index is 0. The first-order valence-corrected chi connectivity index (χ1v) is 8.18. The molecule has 0 radical (unpaired) electrons. The fourth-order valence-corrected chi connectivity index (χ4v) is 3.35.